The molecule has 0 bridgehead atoms. The average molecular weight is 784 g/mol. The molecule has 3 heterocycles. The third kappa shape index (κ3) is 6.72. The Balaban J connectivity index is 0.000000209. The van der Waals surface area contributed by atoms with Crippen molar-refractivity contribution in [3.63, 3.8) is 0 Å². The molecule has 0 N–H and O–H groups in total. The first-order valence-electron chi connectivity index (χ1n) is 13.5. The standard InChI is InChI=1S/C17H16BrN3O.C14H11BrF3NO4S/c1-9-7-14-16(10(2)17(9)18)12(8-13(20-14)11(3)22)15-5-6-19-21(15)4;1-6-4-10-12(7(2)13(6)15)11(5-9(19-10)8(3)20)23-24(21,22)14(16,17)18/h5-8H,1-4H3;4-5H,1-3H3. The van der Waals surface area contributed by atoms with Gasteiger partial charge in [0.1, 0.15) is 11.4 Å². The molecular weight excluding hydrogens is 757 g/mol. The van der Waals surface area contributed by atoms with Gasteiger partial charge in [-0.2, -0.15) is 26.7 Å². The molecule has 15 heteroatoms. The second-order valence-corrected chi connectivity index (χ2v) is 13.7. The highest BCUT2D eigenvalue weighted by molar-refractivity contribution is 9.11. The van der Waals surface area contributed by atoms with Crippen molar-refractivity contribution in [1.29, 1.82) is 0 Å². The van der Waals surface area contributed by atoms with Gasteiger partial charge in [-0.1, -0.05) is 31.9 Å². The molecule has 242 valence electrons. The number of alkyl halides is 3. The maximum atomic E-state index is 12.6. The topological polar surface area (TPSA) is 121 Å². The van der Waals surface area contributed by atoms with Crippen LogP contribution in [0.5, 0.6) is 5.75 Å². The number of rotatable bonds is 5. The maximum absolute atomic E-state index is 12.6. The van der Waals surface area contributed by atoms with E-state index in [1.54, 1.807) is 27.0 Å². The SMILES string of the molecule is CC(=O)c1cc(-c2ccnn2C)c2c(C)c(Br)c(C)cc2n1.CC(=O)c1cc(OS(=O)(=O)C(F)(F)F)c2c(C)c(Br)c(C)cc2n1. The lowest BCUT2D eigenvalue weighted by Crippen LogP contribution is -2.28. The summed E-state index contributed by atoms with van der Waals surface area (Å²) in [5.74, 6) is -1.17. The van der Waals surface area contributed by atoms with Crippen molar-refractivity contribution in [3.8, 4) is 17.0 Å². The molecule has 5 rings (SSSR count). The number of halogens is 5. The van der Waals surface area contributed by atoms with Gasteiger partial charge in [-0.3, -0.25) is 14.3 Å². The van der Waals surface area contributed by atoms with Gasteiger partial charge in [0.2, 0.25) is 0 Å². The summed E-state index contributed by atoms with van der Waals surface area (Å²) in [6, 6.07) is 8.23. The van der Waals surface area contributed by atoms with Gasteiger partial charge in [0.25, 0.3) is 0 Å². The first-order chi connectivity index (χ1) is 21.2. The van der Waals surface area contributed by atoms with Crippen LogP contribution in [0.15, 0.2) is 45.5 Å². The fraction of sp³-hybridized carbons (Fsp3) is 0.258. The smallest absolute Gasteiger partial charge is 0.375 e. The average Bonchev–Trinajstić information content (AvgIpc) is 3.38. The molecular formula is C31H27Br2F3N4O5S. The number of carbonyl (C=O) groups excluding carboxylic acids is 2. The lowest BCUT2D eigenvalue weighted by atomic mass is 9.98. The Bertz CT molecular complexity index is 2180. The summed E-state index contributed by atoms with van der Waals surface area (Å²) in [5.41, 5.74) is 1.02. The van der Waals surface area contributed by atoms with E-state index < -0.39 is 27.2 Å². The van der Waals surface area contributed by atoms with E-state index in [9.17, 15) is 31.2 Å². The number of hydrogen-bond donors (Lipinski definition) is 0. The van der Waals surface area contributed by atoms with Crippen LogP contribution in [0.4, 0.5) is 13.2 Å². The van der Waals surface area contributed by atoms with Crippen LogP contribution in [0.3, 0.4) is 0 Å². The van der Waals surface area contributed by atoms with E-state index in [-0.39, 0.29) is 22.4 Å². The first-order valence-corrected chi connectivity index (χ1v) is 16.5. The molecule has 0 spiro atoms. The molecule has 0 radical (unpaired) electrons. The fourth-order valence-corrected chi connectivity index (χ4v) is 5.95. The highest BCUT2D eigenvalue weighted by Gasteiger charge is 2.49. The van der Waals surface area contributed by atoms with Gasteiger partial charge in [-0.05, 0) is 74.2 Å². The van der Waals surface area contributed by atoms with Crippen molar-refractivity contribution in [2.45, 2.75) is 47.1 Å². The number of carbonyl (C=O) groups is 2. The zero-order chi connectivity index (χ0) is 34.5. The van der Waals surface area contributed by atoms with E-state index in [0.29, 0.717) is 15.7 Å². The van der Waals surface area contributed by atoms with E-state index in [2.05, 4.69) is 58.0 Å². The molecule has 0 aliphatic carbocycles. The number of Topliss-reactive ketones (excluding diaryl/α,β-unsaturated/α-hetero) is 2. The largest absolute Gasteiger partial charge is 0.534 e. The highest BCUT2D eigenvalue weighted by atomic mass is 79.9. The molecule has 0 aliphatic heterocycles. The Morgan fingerprint density at radius 2 is 1.30 bits per heavy atom. The fourth-order valence-electron chi connectivity index (χ4n) is 4.87. The Hall–Kier alpha value is -3.69. The Kier molecular flexibility index (Phi) is 9.82. The maximum Gasteiger partial charge on any atom is 0.534 e. The van der Waals surface area contributed by atoms with Crippen molar-refractivity contribution in [2.24, 2.45) is 7.05 Å². The number of benzene rings is 2. The molecule has 0 amide bonds. The minimum Gasteiger partial charge on any atom is -0.375 e. The van der Waals surface area contributed by atoms with E-state index in [0.717, 1.165) is 56.3 Å². The lowest BCUT2D eigenvalue weighted by molar-refractivity contribution is -0.0499. The van der Waals surface area contributed by atoms with Crippen LogP contribution in [0, 0.1) is 27.7 Å². The van der Waals surface area contributed by atoms with Crippen LogP contribution in [0.25, 0.3) is 33.1 Å². The molecule has 46 heavy (non-hydrogen) atoms. The molecule has 0 fully saturated rings. The lowest BCUT2D eigenvalue weighted by Gasteiger charge is -2.15. The van der Waals surface area contributed by atoms with Crippen molar-refractivity contribution in [1.82, 2.24) is 19.7 Å². The van der Waals surface area contributed by atoms with Gasteiger partial charge in [-0.25, -0.2) is 9.97 Å². The van der Waals surface area contributed by atoms with Gasteiger partial charge in [0.15, 0.2) is 17.3 Å². The molecule has 9 nitrogen and oxygen atoms in total. The van der Waals surface area contributed by atoms with Gasteiger partial charge >= 0.3 is 15.6 Å². The summed E-state index contributed by atoms with van der Waals surface area (Å²) < 4.78 is 68.3. The van der Waals surface area contributed by atoms with Crippen LogP contribution in [0.1, 0.15) is 57.1 Å². The van der Waals surface area contributed by atoms with Crippen LogP contribution in [0.2, 0.25) is 0 Å². The predicted molar refractivity (Wildman–Crippen MR) is 176 cm³/mol. The minimum absolute atomic E-state index is 0.0384. The second-order valence-electron chi connectivity index (χ2n) is 10.5. The third-order valence-corrected chi connectivity index (χ3v) is 10.6. The van der Waals surface area contributed by atoms with E-state index in [1.807, 2.05) is 36.9 Å². The van der Waals surface area contributed by atoms with Crippen LogP contribution < -0.4 is 4.18 Å². The molecule has 3 aromatic heterocycles. The van der Waals surface area contributed by atoms with Gasteiger partial charge in [0.05, 0.1) is 16.7 Å². The quantitative estimate of drug-likeness (QED) is 0.0993. The third-order valence-electron chi connectivity index (χ3n) is 7.17. The van der Waals surface area contributed by atoms with Gasteiger partial charge in [0, 0.05) is 58.4 Å². The summed E-state index contributed by atoms with van der Waals surface area (Å²) >= 11 is 6.93. The normalized spacial score (nSPS) is 11.8. The van der Waals surface area contributed by atoms with Crippen molar-refractivity contribution in [2.75, 3.05) is 0 Å². The molecule has 0 unspecified atom stereocenters. The Labute approximate surface area is 279 Å². The molecule has 0 aliphatic rings. The molecule has 0 saturated carbocycles. The van der Waals surface area contributed by atoms with E-state index >= 15 is 0 Å². The molecule has 0 saturated heterocycles. The van der Waals surface area contributed by atoms with E-state index in [1.165, 1.54) is 6.07 Å². The van der Waals surface area contributed by atoms with Crippen LogP contribution in [-0.2, 0) is 17.2 Å². The zero-order valence-electron chi connectivity index (χ0n) is 25.6. The van der Waals surface area contributed by atoms with Crippen LogP contribution >= 0.6 is 31.9 Å². The van der Waals surface area contributed by atoms with Crippen molar-refractivity contribution in [3.05, 3.63) is 79.1 Å². The summed E-state index contributed by atoms with van der Waals surface area (Å²) in [5, 5.41) is 5.37. The van der Waals surface area contributed by atoms with Gasteiger partial charge < -0.3 is 4.18 Å². The summed E-state index contributed by atoms with van der Waals surface area (Å²) in [7, 11) is -3.98. The number of aryl methyl sites for hydroxylation is 5. The predicted octanol–water partition coefficient (Wildman–Crippen LogP) is 8.26. The minimum atomic E-state index is -5.88. The van der Waals surface area contributed by atoms with Crippen LogP contribution in [-0.4, -0.2) is 45.2 Å². The number of pyridine rings is 2. The molecule has 2 aromatic carbocycles. The monoisotopic (exact) mass is 782 g/mol. The summed E-state index contributed by atoms with van der Waals surface area (Å²) in [4.78, 5) is 32.0. The zero-order valence-corrected chi connectivity index (χ0v) is 29.6. The summed E-state index contributed by atoms with van der Waals surface area (Å²) in [6.07, 6.45) is 1.76. The number of fused-ring (bicyclic) bond motifs is 2. The summed E-state index contributed by atoms with van der Waals surface area (Å²) in [6.45, 7) is 10.1. The van der Waals surface area contributed by atoms with Crippen molar-refractivity contribution < 1.29 is 35.4 Å². The van der Waals surface area contributed by atoms with E-state index in [4.69, 9.17) is 0 Å². The first kappa shape index (κ1) is 35.2. The van der Waals surface area contributed by atoms with Gasteiger partial charge in [-0.15, -0.1) is 0 Å². The number of aromatic nitrogens is 4. The highest BCUT2D eigenvalue weighted by Crippen LogP contribution is 2.38. The number of hydrogen-bond acceptors (Lipinski definition) is 8. The van der Waals surface area contributed by atoms with Crippen molar-refractivity contribution >= 4 is 75.4 Å². The second kappa shape index (κ2) is 12.8. The molecule has 0 atom stereocenters. The molecule has 5 aromatic rings. The Morgan fingerprint density at radius 1 is 0.826 bits per heavy atom. The number of ketones is 2. The number of nitrogens with zero attached hydrogens (tertiary/aromatic N) is 4. The Morgan fingerprint density at radius 3 is 1.76 bits per heavy atom.